The summed E-state index contributed by atoms with van der Waals surface area (Å²) in [6.45, 7) is 1.80. The van der Waals surface area contributed by atoms with Gasteiger partial charge in [0.05, 0.1) is 0 Å². The van der Waals surface area contributed by atoms with Crippen molar-refractivity contribution in [3.05, 3.63) is 42.5 Å². The monoisotopic (exact) mass is 230 g/mol. The lowest BCUT2D eigenvalue weighted by Crippen LogP contribution is -2.25. The molecule has 1 unspecified atom stereocenters. The topological polar surface area (TPSA) is 46.5 Å². The Kier molecular flexibility index (Phi) is 3.28. The Morgan fingerprint density at radius 3 is 2.65 bits per heavy atom. The van der Waals surface area contributed by atoms with E-state index in [0.29, 0.717) is 12.2 Å². The molecule has 2 rings (SSSR count). The molecule has 2 aromatic rings. The normalized spacial score (nSPS) is 12.3. The van der Waals surface area contributed by atoms with Gasteiger partial charge in [0, 0.05) is 5.39 Å². The summed E-state index contributed by atoms with van der Waals surface area (Å²) in [4.78, 5) is 10.9. The molecule has 0 bridgehead atoms. The molecule has 0 fully saturated rings. The highest BCUT2D eigenvalue weighted by molar-refractivity contribution is 5.88. The Bertz CT molecular complexity index is 528. The molecule has 0 saturated heterocycles. The van der Waals surface area contributed by atoms with Crippen LogP contribution in [0.25, 0.3) is 10.8 Å². The Hall–Kier alpha value is -2.03. The van der Waals surface area contributed by atoms with Gasteiger partial charge in [0.25, 0.3) is 0 Å². The van der Waals surface area contributed by atoms with Crippen LogP contribution in [0.3, 0.4) is 0 Å². The summed E-state index contributed by atoms with van der Waals surface area (Å²) < 4.78 is 5.54. The standard InChI is InChI=1S/C14H14O3/c1-2-12(14(15)16)17-13-9-5-7-10-6-3-4-8-11(10)13/h3-9,12H,2H2,1H3,(H,15,16). The van der Waals surface area contributed by atoms with Crippen LogP contribution in [0.5, 0.6) is 5.75 Å². The second-order valence-corrected chi connectivity index (χ2v) is 3.83. The van der Waals surface area contributed by atoms with Gasteiger partial charge in [-0.1, -0.05) is 43.3 Å². The molecule has 3 heteroatoms. The van der Waals surface area contributed by atoms with Gasteiger partial charge in [-0.2, -0.15) is 0 Å². The molecule has 0 spiro atoms. The number of hydrogen-bond acceptors (Lipinski definition) is 2. The maximum Gasteiger partial charge on any atom is 0.344 e. The highest BCUT2D eigenvalue weighted by atomic mass is 16.5. The molecule has 0 aliphatic carbocycles. The molecule has 0 saturated carbocycles. The maximum atomic E-state index is 10.9. The lowest BCUT2D eigenvalue weighted by atomic mass is 10.1. The number of carboxylic acid groups (broad SMARTS) is 1. The number of ether oxygens (including phenoxy) is 1. The summed E-state index contributed by atoms with van der Waals surface area (Å²) in [6, 6.07) is 13.4. The average Bonchev–Trinajstić information content (AvgIpc) is 2.35. The van der Waals surface area contributed by atoms with Crippen molar-refractivity contribution in [2.45, 2.75) is 19.4 Å². The Labute approximate surface area is 99.6 Å². The molecule has 1 atom stereocenters. The van der Waals surface area contributed by atoms with Crippen molar-refractivity contribution in [2.75, 3.05) is 0 Å². The van der Waals surface area contributed by atoms with E-state index < -0.39 is 12.1 Å². The third-order valence-electron chi connectivity index (χ3n) is 2.67. The molecule has 1 N–H and O–H groups in total. The fourth-order valence-corrected chi connectivity index (χ4v) is 1.76. The molecule has 0 aromatic heterocycles. The second kappa shape index (κ2) is 4.87. The first-order chi connectivity index (χ1) is 8.22. The van der Waals surface area contributed by atoms with E-state index in [1.54, 1.807) is 13.0 Å². The van der Waals surface area contributed by atoms with Gasteiger partial charge in [0.2, 0.25) is 0 Å². The number of hydrogen-bond donors (Lipinski definition) is 1. The molecule has 0 heterocycles. The lowest BCUT2D eigenvalue weighted by molar-refractivity contribution is -0.145. The molecular weight excluding hydrogens is 216 g/mol. The first kappa shape index (κ1) is 11.5. The number of rotatable bonds is 4. The van der Waals surface area contributed by atoms with E-state index in [-0.39, 0.29) is 0 Å². The van der Waals surface area contributed by atoms with Crippen molar-refractivity contribution in [2.24, 2.45) is 0 Å². The van der Waals surface area contributed by atoms with Crippen molar-refractivity contribution in [1.82, 2.24) is 0 Å². The van der Waals surface area contributed by atoms with Crippen LogP contribution in [-0.2, 0) is 4.79 Å². The van der Waals surface area contributed by atoms with Crippen LogP contribution in [-0.4, -0.2) is 17.2 Å². The molecular formula is C14H14O3. The fourth-order valence-electron chi connectivity index (χ4n) is 1.76. The summed E-state index contributed by atoms with van der Waals surface area (Å²) in [5.41, 5.74) is 0. The van der Waals surface area contributed by atoms with Crippen LogP contribution >= 0.6 is 0 Å². The molecule has 0 amide bonds. The summed E-state index contributed by atoms with van der Waals surface area (Å²) >= 11 is 0. The lowest BCUT2D eigenvalue weighted by Gasteiger charge is -2.14. The molecule has 2 aromatic carbocycles. The van der Waals surface area contributed by atoms with Crippen LogP contribution in [0.15, 0.2) is 42.5 Å². The van der Waals surface area contributed by atoms with Crippen molar-refractivity contribution in [3.8, 4) is 5.75 Å². The number of aliphatic carboxylic acids is 1. The minimum atomic E-state index is -0.930. The van der Waals surface area contributed by atoms with Crippen LogP contribution in [0, 0.1) is 0 Å². The predicted molar refractivity (Wildman–Crippen MR) is 66.3 cm³/mol. The van der Waals surface area contributed by atoms with Gasteiger partial charge in [0.1, 0.15) is 5.75 Å². The summed E-state index contributed by atoms with van der Waals surface area (Å²) in [5.74, 6) is -0.308. The summed E-state index contributed by atoms with van der Waals surface area (Å²) in [5, 5.41) is 11.0. The quantitative estimate of drug-likeness (QED) is 0.877. The Morgan fingerprint density at radius 1 is 1.24 bits per heavy atom. The first-order valence-electron chi connectivity index (χ1n) is 5.59. The van der Waals surface area contributed by atoms with Crippen LogP contribution < -0.4 is 4.74 Å². The first-order valence-corrected chi connectivity index (χ1v) is 5.59. The Morgan fingerprint density at radius 2 is 1.94 bits per heavy atom. The van der Waals surface area contributed by atoms with E-state index in [0.717, 1.165) is 10.8 Å². The minimum Gasteiger partial charge on any atom is -0.479 e. The smallest absolute Gasteiger partial charge is 0.344 e. The van der Waals surface area contributed by atoms with Crippen LogP contribution in [0.4, 0.5) is 0 Å². The minimum absolute atomic E-state index is 0.443. The molecule has 0 radical (unpaired) electrons. The number of fused-ring (bicyclic) bond motifs is 1. The maximum absolute atomic E-state index is 10.9. The van der Waals surface area contributed by atoms with Gasteiger partial charge in [0.15, 0.2) is 6.10 Å². The van der Waals surface area contributed by atoms with E-state index in [9.17, 15) is 4.79 Å². The third kappa shape index (κ3) is 2.38. The van der Waals surface area contributed by atoms with Crippen LogP contribution in [0.2, 0.25) is 0 Å². The molecule has 17 heavy (non-hydrogen) atoms. The number of benzene rings is 2. The highest BCUT2D eigenvalue weighted by Crippen LogP contribution is 2.26. The third-order valence-corrected chi connectivity index (χ3v) is 2.67. The van der Waals surface area contributed by atoms with E-state index >= 15 is 0 Å². The SMILES string of the molecule is CCC(Oc1cccc2ccccc12)C(=O)O. The molecule has 3 nitrogen and oxygen atoms in total. The van der Waals surface area contributed by atoms with Gasteiger partial charge in [-0.3, -0.25) is 0 Å². The van der Waals surface area contributed by atoms with Gasteiger partial charge in [-0.05, 0) is 17.9 Å². The van der Waals surface area contributed by atoms with Crippen molar-refractivity contribution < 1.29 is 14.6 Å². The zero-order valence-corrected chi connectivity index (χ0v) is 9.59. The van der Waals surface area contributed by atoms with E-state index in [4.69, 9.17) is 9.84 Å². The number of carbonyl (C=O) groups is 1. The fraction of sp³-hybridized carbons (Fsp3) is 0.214. The van der Waals surface area contributed by atoms with Gasteiger partial charge >= 0.3 is 5.97 Å². The zero-order valence-electron chi connectivity index (χ0n) is 9.59. The molecule has 88 valence electrons. The van der Waals surface area contributed by atoms with E-state index in [1.807, 2.05) is 36.4 Å². The highest BCUT2D eigenvalue weighted by Gasteiger charge is 2.17. The number of carboxylic acids is 1. The van der Waals surface area contributed by atoms with Gasteiger partial charge in [-0.15, -0.1) is 0 Å². The zero-order chi connectivity index (χ0) is 12.3. The summed E-state index contributed by atoms with van der Waals surface area (Å²) in [7, 11) is 0. The Balaban J connectivity index is 2.38. The summed E-state index contributed by atoms with van der Waals surface area (Å²) in [6.07, 6.45) is -0.348. The largest absolute Gasteiger partial charge is 0.479 e. The van der Waals surface area contributed by atoms with E-state index in [2.05, 4.69) is 0 Å². The van der Waals surface area contributed by atoms with Crippen molar-refractivity contribution in [1.29, 1.82) is 0 Å². The average molecular weight is 230 g/mol. The van der Waals surface area contributed by atoms with Crippen molar-refractivity contribution in [3.63, 3.8) is 0 Å². The van der Waals surface area contributed by atoms with Crippen molar-refractivity contribution >= 4 is 16.7 Å². The van der Waals surface area contributed by atoms with E-state index in [1.165, 1.54) is 0 Å². The molecule has 0 aliphatic rings. The predicted octanol–water partition coefficient (Wildman–Crippen LogP) is 3.08. The second-order valence-electron chi connectivity index (χ2n) is 3.83. The van der Waals surface area contributed by atoms with Gasteiger partial charge in [-0.25, -0.2) is 4.79 Å². The molecule has 0 aliphatic heterocycles. The van der Waals surface area contributed by atoms with Gasteiger partial charge < -0.3 is 9.84 Å². The van der Waals surface area contributed by atoms with Crippen LogP contribution in [0.1, 0.15) is 13.3 Å².